The molecule has 3 heterocycles. The summed E-state index contributed by atoms with van der Waals surface area (Å²) in [6, 6.07) is 10.8. The molecule has 1 saturated heterocycles. The van der Waals surface area contributed by atoms with E-state index in [2.05, 4.69) is 25.4 Å². The quantitative estimate of drug-likeness (QED) is 0.0925. The Balaban J connectivity index is 1.41. The van der Waals surface area contributed by atoms with Crippen molar-refractivity contribution in [1.82, 2.24) is 20.3 Å². The Bertz CT molecular complexity index is 1450. The van der Waals surface area contributed by atoms with E-state index in [1.54, 1.807) is 31.5 Å². The van der Waals surface area contributed by atoms with E-state index in [4.69, 9.17) is 26.1 Å². The summed E-state index contributed by atoms with van der Waals surface area (Å²) in [5.74, 6) is 0.616. The molecule has 15 heteroatoms. The van der Waals surface area contributed by atoms with E-state index in [9.17, 15) is 19.7 Å². The first-order valence-corrected chi connectivity index (χ1v) is 15.0. The van der Waals surface area contributed by atoms with Crippen LogP contribution in [0.25, 0.3) is 0 Å². The number of halogens is 1. The SMILES string of the molecule is COc1ccc(CNc2nc(N3CCC[C@H]3COC(=O)CCCCCO[N+](=O)[O-])ncc2C(=O)NCc2ccccn2)cc1Cl. The number of rotatable bonds is 17. The van der Waals surface area contributed by atoms with Gasteiger partial charge in [0.1, 0.15) is 23.7 Å². The molecule has 1 aromatic carbocycles. The van der Waals surface area contributed by atoms with E-state index >= 15 is 0 Å². The van der Waals surface area contributed by atoms with Crippen LogP contribution in [0.4, 0.5) is 11.8 Å². The highest BCUT2D eigenvalue weighted by Crippen LogP contribution is 2.27. The first-order chi connectivity index (χ1) is 21.8. The van der Waals surface area contributed by atoms with Gasteiger partial charge in [0.15, 0.2) is 0 Å². The average molecular weight is 642 g/mol. The Morgan fingerprint density at radius 2 is 2.02 bits per heavy atom. The molecule has 0 radical (unpaired) electrons. The third-order valence-electron chi connectivity index (χ3n) is 7.15. The van der Waals surface area contributed by atoms with Crippen molar-refractivity contribution in [1.29, 1.82) is 0 Å². The summed E-state index contributed by atoms with van der Waals surface area (Å²) in [5.41, 5.74) is 1.83. The lowest BCUT2D eigenvalue weighted by molar-refractivity contribution is -0.757. The number of anilines is 2. The summed E-state index contributed by atoms with van der Waals surface area (Å²) in [5, 5.41) is 16.0. The molecule has 240 valence electrons. The number of hydrogen-bond acceptors (Lipinski definition) is 12. The van der Waals surface area contributed by atoms with Crippen molar-refractivity contribution in [3.8, 4) is 5.75 Å². The number of nitrogens with zero attached hydrogens (tertiary/aromatic N) is 5. The maximum absolute atomic E-state index is 13.2. The topological polar surface area (TPSA) is 171 Å². The highest BCUT2D eigenvalue weighted by molar-refractivity contribution is 6.32. The molecule has 2 aromatic heterocycles. The zero-order valence-corrected chi connectivity index (χ0v) is 25.7. The molecule has 0 saturated carbocycles. The largest absolute Gasteiger partial charge is 0.495 e. The minimum atomic E-state index is -0.826. The first kappa shape index (κ1) is 33.2. The maximum atomic E-state index is 13.2. The first-order valence-electron chi connectivity index (χ1n) is 14.6. The molecule has 45 heavy (non-hydrogen) atoms. The van der Waals surface area contributed by atoms with Gasteiger partial charge in [-0.25, -0.2) is 4.98 Å². The minimum absolute atomic E-state index is 0.00839. The van der Waals surface area contributed by atoms with Crippen molar-refractivity contribution in [2.45, 2.75) is 57.7 Å². The molecule has 1 aliphatic heterocycles. The number of benzene rings is 1. The second kappa shape index (κ2) is 16.9. The standard InChI is InChI=1S/C30H36ClN7O7/c1-43-26-12-11-21(16-25(26)31)17-33-28-24(29(40)34-18-22-8-4-5-13-32-22)19-35-30(36-28)37-14-7-9-23(37)20-44-27(39)10-3-2-6-15-45-38(41)42/h4-5,8,11-13,16,19,23H,2-3,6-7,9-10,14-15,17-18,20H2,1H3,(H,34,40)(H,33,35,36)/t23-/m0/s1. The van der Waals surface area contributed by atoms with Crippen LogP contribution in [-0.4, -0.2) is 64.8 Å². The van der Waals surface area contributed by atoms with Gasteiger partial charge in [0, 0.05) is 31.9 Å². The van der Waals surface area contributed by atoms with Crippen LogP contribution in [0.5, 0.6) is 5.75 Å². The van der Waals surface area contributed by atoms with Gasteiger partial charge in [-0.2, -0.15) is 4.98 Å². The fraction of sp³-hybridized carbons (Fsp3) is 0.433. The highest BCUT2D eigenvalue weighted by atomic mass is 35.5. The van der Waals surface area contributed by atoms with Gasteiger partial charge < -0.3 is 29.8 Å². The number of aromatic nitrogens is 3. The molecule has 0 bridgehead atoms. The van der Waals surface area contributed by atoms with Crippen molar-refractivity contribution < 1.29 is 29.0 Å². The van der Waals surface area contributed by atoms with Gasteiger partial charge in [0.05, 0.1) is 37.0 Å². The lowest BCUT2D eigenvalue weighted by Crippen LogP contribution is -2.35. The van der Waals surface area contributed by atoms with Crippen LogP contribution >= 0.6 is 11.6 Å². The third-order valence-corrected chi connectivity index (χ3v) is 7.44. The van der Waals surface area contributed by atoms with Crippen molar-refractivity contribution in [3.05, 3.63) is 80.7 Å². The monoisotopic (exact) mass is 641 g/mol. The van der Waals surface area contributed by atoms with E-state index in [0.29, 0.717) is 60.6 Å². The number of hydrogen-bond donors (Lipinski definition) is 2. The van der Waals surface area contributed by atoms with Crippen LogP contribution in [0, 0.1) is 10.1 Å². The number of amides is 1. The lowest BCUT2D eigenvalue weighted by Gasteiger charge is -2.25. The number of carbonyl (C=O) groups is 2. The lowest BCUT2D eigenvalue weighted by atomic mass is 10.2. The van der Waals surface area contributed by atoms with Crippen LogP contribution in [0.15, 0.2) is 48.8 Å². The van der Waals surface area contributed by atoms with Crippen molar-refractivity contribution in [2.24, 2.45) is 0 Å². The van der Waals surface area contributed by atoms with Gasteiger partial charge in [-0.1, -0.05) is 30.2 Å². The van der Waals surface area contributed by atoms with E-state index in [1.165, 1.54) is 6.20 Å². The number of methoxy groups -OCH3 is 1. The molecule has 0 aliphatic carbocycles. The van der Waals surface area contributed by atoms with E-state index in [-0.39, 0.29) is 49.7 Å². The van der Waals surface area contributed by atoms with Crippen LogP contribution in [-0.2, 0) is 27.5 Å². The van der Waals surface area contributed by atoms with E-state index in [1.807, 2.05) is 23.1 Å². The van der Waals surface area contributed by atoms with Crippen molar-refractivity contribution in [3.63, 3.8) is 0 Å². The number of carbonyl (C=O) groups excluding carboxylic acids is 2. The van der Waals surface area contributed by atoms with Crippen molar-refractivity contribution in [2.75, 3.05) is 37.1 Å². The molecular weight excluding hydrogens is 606 g/mol. The van der Waals surface area contributed by atoms with Crippen LogP contribution < -0.4 is 20.3 Å². The van der Waals surface area contributed by atoms with Gasteiger partial charge in [-0.05, 0) is 55.5 Å². The number of unbranched alkanes of at least 4 members (excludes halogenated alkanes) is 2. The third kappa shape index (κ3) is 10.2. The second-order valence-electron chi connectivity index (χ2n) is 10.3. The van der Waals surface area contributed by atoms with Gasteiger partial charge >= 0.3 is 5.97 Å². The summed E-state index contributed by atoms with van der Waals surface area (Å²) >= 11 is 6.31. The summed E-state index contributed by atoms with van der Waals surface area (Å²) in [7, 11) is 1.55. The number of nitrogens with one attached hydrogen (secondary N) is 2. The van der Waals surface area contributed by atoms with Gasteiger partial charge in [0.2, 0.25) is 5.95 Å². The van der Waals surface area contributed by atoms with Crippen molar-refractivity contribution >= 4 is 35.2 Å². The summed E-state index contributed by atoms with van der Waals surface area (Å²) in [6.45, 7) is 1.42. The summed E-state index contributed by atoms with van der Waals surface area (Å²) < 4.78 is 10.8. The molecule has 14 nitrogen and oxygen atoms in total. The molecule has 1 fully saturated rings. The molecule has 0 unspecified atom stereocenters. The normalized spacial score (nSPS) is 14.1. The fourth-order valence-corrected chi connectivity index (χ4v) is 5.09. The molecule has 1 aliphatic rings. The summed E-state index contributed by atoms with van der Waals surface area (Å²) in [4.78, 5) is 55.5. The Morgan fingerprint density at radius 1 is 1.16 bits per heavy atom. The predicted octanol–water partition coefficient (Wildman–Crippen LogP) is 4.36. The van der Waals surface area contributed by atoms with Crippen LogP contribution in [0.3, 0.4) is 0 Å². The zero-order chi connectivity index (χ0) is 32.0. The molecule has 3 aromatic rings. The van der Waals surface area contributed by atoms with E-state index in [0.717, 1.165) is 18.4 Å². The smallest absolute Gasteiger partial charge is 0.305 e. The molecule has 1 atom stereocenters. The van der Waals surface area contributed by atoms with Gasteiger partial charge in [-0.15, -0.1) is 10.1 Å². The Kier molecular flexibility index (Phi) is 12.5. The second-order valence-corrected chi connectivity index (χ2v) is 10.7. The molecule has 1 amide bonds. The average Bonchev–Trinajstić information content (AvgIpc) is 3.52. The molecule has 0 spiro atoms. The maximum Gasteiger partial charge on any atom is 0.305 e. The summed E-state index contributed by atoms with van der Waals surface area (Å²) in [6.07, 6.45) is 6.67. The number of ether oxygens (including phenoxy) is 2. The molecule has 4 rings (SSSR count). The molecular formula is C30H36ClN7O7. The van der Waals surface area contributed by atoms with Crippen LogP contribution in [0.1, 0.15) is 60.1 Å². The fourth-order valence-electron chi connectivity index (χ4n) is 4.81. The Hall–Kier alpha value is -4.72. The van der Waals surface area contributed by atoms with Crippen LogP contribution in [0.2, 0.25) is 5.02 Å². The number of esters is 1. The number of pyridine rings is 1. The zero-order valence-electron chi connectivity index (χ0n) is 24.9. The van der Waals surface area contributed by atoms with E-state index < -0.39 is 5.09 Å². The molecule has 2 N–H and O–H groups in total. The minimum Gasteiger partial charge on any atom is -0.495 e. The van der Waals surface area contributed by atoms with Gasteiger partial charge in [-0.3, -0.25) is 14.6 Å². The van der Waals surface area contributed by atoms with Gasteiger partial charge in [0.25, 0.3) is 11.0 Å². The predicted molar refractivity (Wildman–Crippen MR) is 166 cm³/mol. The highest BCUT2D eigenvalue weighted by Gasteiger charge is 2.29. The Morgan fingerprint density at radius 3 is 2.78 bits per heavy atom. The Labute approximate surface area is 265 Å².